The summed E-state index contributed by atoms with van der Waals surface area (Å²) in [6, 6.07) is 6.23. The number of benzene rings is 1. The average Bonchev–Trinajstić information content (AvgIpc) is 2.88. The van der Waals surface area contributed by atoms with Gasteiger partial charge in [0.05, 0.1) is 12.3 Å². The molecule has 0 amide bonds. The van der Waals surface area contributed by atoms with Crippen LogP contribution in [0.1, 0.15) is 25.6 Å². The van der Waals surface area contributed by atoms with E-state index in [9.17, 15) is 13.2 Å². The van der Waals surface area contributed by atoms with Gasteiger partial charge in [0.15, 0.2) is 0 Å². The van der Waals surface area contributed by atoms with Crippen LogP contribution in [0.4, 0.5) is 13.2 Å². The summed E-state index contributed by atoms with van der Waals surface area (Å²) in [6.45, 7) is 2.54. The third kappa shape index (κ3) is 3.25. The summed E-state index contributed by atoms with van der Waals surface area (Å²) < 4.78 is 44.3. The molecule has 1 aromatic carbocycles. The van der Waals surface area contributed by atoms with Crippen LogP contribution >= 0.6 is 0 Å². The monoisotopic (exact) mass is 286 g/mol. The van der Waals surface area contributed by atoms with Gasteiger partial charge in [-0.15, -0.1) is 5.10 Å². The Morgan fingerprint density at radius 2 is 2.10 bits per heavy atom. The smallest absolute Gasteiger partial charge is 0.453 e. The standard InChI is InChI=1S/C12H13F3N4O/c1-2-3-7-20-10-6-4-5-9(8-10)19-11(12(13,14)15)16-17-18-19/h4-6,8H,2-3,7H2,1H3. The van der Waals surface area contributed by atoms with Crippen LogP contribution in [-0.4, -0.2) is 26.8 Å². The van der Waals surface area contributed by atoms with Gasteiger partial charge >= 0.3 is 6.18 Å². The van der Waals surface area contributed by atoms with Gasteiger partial charge in [-0.3, -0.25) is 0 Å². The van der Waals surface area contributed by atoms with E-state index in [4.69, 9.17) is 4.74 Å². The van der Waals surface area contributed by atoms with Crippen molar-refractivity contribution >= 4 is 0 Å². The van der Waals surface area contributed by atoms with Crippen molar-refractivity contribution in [2.75, 3.05) is 6.61 Å². The molecule has 2 aromatic rings. The maximum absolute atomic E-state index is 12.7. The molecule has 0 spiro atoms. The molecule has 1 aromatic heterocycles. The molecule has 0 atom stereocenters. The minimum atomic E-state index is -4.61. The largest absolute Gasteiger partial charge is 0.494 e. The Kier molecular flexibility index (Phi) is 4.21. The molecule has 0 bridgehead atoms. The molecular weight excluding hydrogens is 273 g/mol. The maximum Gasteiger partial charge on any atom is 0.453 e. The molecular formula is C12H13F3N4O. The van der Waals surface area contributed by atoms with Crippen LogP contribution in [0.2, 0.25) is 0 Å². The lowest BCUT2D eigenvalue weighted by Gasteiger charge is -2.09. The van der Waals surface area contributed by atoms with E-state index in [2.05, 4.69) is 15.5 Å². The van der Waals surface area contributed by atoms with Crippen LogP contribution in [0, 0.1) is 0 Å². The number of nitrogens with zero attached hydrogens (tertiary/aromatic N) is 4. The summed E-state index contributed by atoms with van der Waals surface area (Å²) in [6.07, 6.45) is -2.75. The molecule has 8 heteroatoms. The van der Waals surface area contributed by atoms with E-state index in [1.165, 1.54) is 12.1 Å². The Morgan fingerprint density at radius 3 is 2.80 bits per heavy atom. The summed E-state index contributed by atoms with van der Waals surface area (Å²) in [5.74, 6) is -0.678. The van der Waals surface area contributed by atoms with Crippen molar-refractivity contribution < 1.29 is 17.9 Å². The lowest BCUT2D eigenvalue weighted by molar-refractivity contribution is -0.146. The predicted molar refractivity (Wildman–Crippen MR) is 64.6 cm³/mol. The van der Waals surface area contributed by atoms with Gasteiger partial charge in [0.25, 0.3) is 5.82 Å². The van der Waals surface area contributed by atoms with Gasteiger partial charge in [-0.05, 0) is 29.0 Å². The first kappa shape index (κ1) is 14.3. The Bertz CT molecular complexity index is 568. The zero-order valence-electron chi connectivity index (χ0n) is 10.8. The number of hydrogen-bond acceptors (Lipinski definition) is 4. The summed E-state index contributed by atoms with van der Waals surface area (Å²) in [5, 5.41) is 9.45. The van der Waals surface area contributed by atoms with Gasteiger partial charge in [0, 0.05) is 6.07 Å². The van der Waals surface area contributed by atoms with Gasteiger partial charge in [-0.25, -0.2) is 0 Å². The normalized spacial score (nSPS) is 11.6. The van der Waals surface area contributed by atoms with Gasteiger partial charge in [0.2, 0.25) is 0 Å². The highest BCUT2D eigenvalue weighted by atomic mass is 19.4. The van der Waals surface area contributed by atoms with Gasteiger partial charge in [-0.1, -0.05) is 19.4 Å². The molecule has 0 N–H and O–H groups in total. The Balaban J connectivity index is 2.25. The Morgan fingerprint density at radius 1 is 1.30 bits per heavy atom. The van der Waals surface area contributed by atoms with E-state index in [-0.39, 0.29) is 5.69 Å². The third-order valence-corrected chi connectivity index (χ3v) is 2.55. The molecule has 20 heavy (non-hydrogen) atoms. The van der Waals surface area contributed by atoms with E-state index in [0.717, 1.165) is 12.8 Å². The molecule has 5 nitrogen and oxygen atoms in total. The summed E-state index contributed by atoms with van der Waals surface area (Å²) in [4.78, 5) is 0. The highest BCUT2D eigenvalue weighted by Crippen LogP contribution is 2.28. The first-order valence-electron chi connectivity index (χ1n) is 6.11. The highest BCUT2D eigenvalue weighted by molar-refractivity contribution is 5.39. The van der Waals surface area contributed by atoms with Crippen LogP contribution in [-0.2, 0) is 6.18 Å². The number of halogens is 3. The van der Waals surface area contributed by atoms with Crippen LogP contribution in [0.3, 0.4) is 0 Å². The predicted octanol–water partition coefficient (Wildman–Crippen LogP) is 2.86. The van der Waals surface area contributed by atoms with Crippen molar-refractivity contribution in [2.45, 2.75) is 25.9 Å². The number of tetrazole rings is 1. The summed E-state index contributed by atoms with van der Waals surface area (Å²) in [7, 11) is 0. The molecule has 0 unspecified atom stereocenters. The number of hydrogen-bond donors (Lipinski definition) is 0. The first-order chi connectivity index (χ1) is 9.52. The molecule has 0 saturated carbocycles. The zero-order chi connectivity index (χ0) is 14.6. The summed E-state index contributed by atoms with van der Waals surface area (Å²) >= 11 is 0. The molecule has 0 saturated heterocycles. The number of unbranched alkanes of at least 4 members (excludes halogenated alkanes) is 1. The second kappa shape index (κ2) is 5.89. The fourth-order valence-corrected chi connectivity index (χ4v) is 1.58. The molecule has 1 heterocycles. The number of rotatable bonds is 5. The zero-order valence-corrected chi connectivity index (χ0v) is 10.8. The van der Waals surface area contributed by atoms with E-state index in [1.807, 2.05) is 6.92 Å². The number of aromatic nitrogens is 4. The molecule has 0 aliphatic rings. The van der Waals surface area contributed by atoms with Crippen molar-refractivity contribution in [3.63, 3.8) is 0 Å². The van der Waals surface area contributed by atoms with Crippen LogP contribution in [0.15, 0.2) is 24.3 Å². The van der Waals surface area contributed by atoms with Crippen molar-refractivity contribution in [2.24, 2.45) is 0 Å². The minimum absolute atomic E-state index is 0.205. The van der Waals surface area contributed by atoms with E-state index in [1.54, 1.807) is 12.1 Å². The maximum atomic E-state index is 12.7. The van der Waals surface area contributed by atoms with E-state index >= 15 is 0 Å². The Labute approximate surface area is 113 Å². The lowest BCUT2D eigenvalue weighted by Crippen LogP contribution is -2.14. The summed E-state index contributed by atoms with van der Waals surface area (Å²) in [5.41, 5.74) is 0.205. The highest BCUT2D eigenvalue weighted by Gasteiger charge is 2.38. The molecule has 0 radical (unpaired) electrons. The quantitative estimate of drug-likeness (QED) is 0.793. The number of ether oxygens (including phenoxy) is 1. The average molecular weight is 286 g/mol. The van der Waals surface area contributed by atoms with Crippen molar-refractivity contribution in [3.05, 3.63) is 30.1 Å². The Hall–Kier alpha value is -2.12. The SMILES string of the molecule is CCCCOc1cccc(-n2nnnc2C(F)(F)F)c1. The van der Waals surface area contributed by atoms with Crippen LogP contribution < -0.4 is 4.74 Å². The van der Waals surface area contributed by atoms with Crippen LogP contribution in [0.5, 0.6) is 5.75 Å². The topological polar surface area (TPSA) is 52.8 Å². The van der Waals surface area contributed by atoms with Gasteiger partial charge in [0.1, 0.15) is 5.75 Å². The second-order valence-corrected chi connectivity index (χ2v) is 4.11. The van der Waals surface area contributed by atoms with Gasteiger partial charge in [-0.2, -0.15) is 17.9 Å². The van der Waals surface area contributed by atoms with Crippen molar-refractivity contribution in [1.29, 1.82) is 0 Å². The first-order valence-corrected chi connectivity index (χ1v) is 6.11. The molecule has 0 aliphatic heterocycles. The fraction of sp³-hybridized carbons (Fsp3) is 0.417. The molecule has 0 aliphatic carbocycles. The van der Waals surface area contributed by atoms with E-state index < -0.39 is 12.0 Å². The molecule has 2 rings (SSSR count). The van der Waals surface area contributed by atoms with E-state index in [0.29, 0.717) is 17.0 Å². The van der Waals surface area contributed by atoms with Crippen LogP contribution in [0.25, 0.3) is 5.69 Å². The minimum Gasteiger partial charge on any atom is -0.494 e. The number of alkyl halides is 3. The molecule has 108 valence electrons. The fourth-order valence-electron chi connectivity index (χ4n) is 1.58. The second-order valence-electron chi connectivity index (χ2n) is 4.11. The lowest BCUT2D eigenvalue weighted by atomic mass is 10.3. The van der Waals surface area contributed by atoms with Crippen molar-refractivity contribution in [3.8, 4) is 11.4 Å². The van der Waals surface area contributed by atoms with Crippen molar-refractivity contribution in [1.82, 2.24) is 20.2 Å². The third-order valence-electron chi connectivity index (χ3n) is 2.55. The van der Waals surface area contributed by atoms with Gasteiger partial charge < -0.3 is 4.74 Å². The molecule has 0 fully saturated rings.